The highest BCUT2D eigenvalue weighted by Gasteiger charge is 2.08. The molecule has 100 valence electrons. The Morgan fingerprint density at radius 2 is 2.00 bits per heavy atom. The summed E-state index contributed by atoms with van der Waals surface area (Å²) in [6.07, 6.45) is 2.06. The van der Waals surface area contributed by atoms with Crippen molar-refractivity contribution in [2.75, 3.05) is 11.9 Å². The van der Waals surface area contributed by atoms with Crippen molar-refractivity contribution < 1.29 is 4.79 Å². The molecule has 0 atom stereocenters. The van der Waals surface area contributed by atoms with E-state index in [1.807, 2.05) is 19.1 Å². The van der Waals surface area contributed by atoms with Crippen LogP contribution in [0.4, 0.5) is 5.69 Å². The van der Waals surface area contributed by atoms with Gasteiger partial charge in [0.25, 0.3) is 0 Å². The first-order chi connectivity index (χ1) is 8.56. The normalized spacial score (nSPS) is 10.7. The molecule has 0 unspecified atom stereocenters. The van der Waals surface area contributed by atoms with E-state index in [1.165, 1.54) is 0 Å². The lowest BCUT2D eigenvalue weighted by Crippen LogP contribution is -2.35. The van der Waals surface area contributed by atoms with E-state index in [0.29, 0.717) is 17.6 Å². The summed E-state index contributed by atoms with van der Waals surface area (Å²) >= 11 is 5.91. The zero-order valence-electron chi connectivity index (χ0n) is 11.2. The second-order valence-corrected chi connectivity index (χ2v) is 4.84. The van der Waals surface area contributed by atoms with Gasteiger partial charge in [-0.1, -0.05) is 31.5 Å². The van der Waals surface area contributed by atoms with Crippen LogP contribution in [0.3, 0.4) is 0 Å². The lowest BCUT2D eigenvalue weighted by Gasteiger charge is -2.15. The van der Waals surface area contributed by atoms with Crippen LogP contribution in [0.5, 0.6) is 0 Å². The number of nitrogens with one attached hydrogen (secondary N) is 2. The van der Waals surface area contributed by atoms with E-state index in [9.17, 15) is 4.79 Å². The van der Waals surface area contributed by atoms with Crippen LogP contribution in [0.25, 0.3) is 0 Å². The first kappa shape index (κ1) is 15.0. The molecule has 3 nitrogen and oxygen atoms in total. The van der Waals surface area contributed by atoms with Gasteiger partial charge in [-0.2, -0.15) is 0 Å². The van der Waals surface area contributed by atoms with Crippen molar-refractivity contribution >= 4 is 23.2 Å². The monoisotopic (exact) mass is 268 g/mol. The van der Waals surface area contributed by atoms with Gasteiger partial charge in [-0.3, -0.25) is 4.79 Å². The minimum atomic E-state index is -0.0349. The van der Waals surface area contributed by atoms with Gasteiger partial charge in [-0.15, -0.1) is 0 Å². The van der Waals surface area contributed by atoms with Gasteiger partial charge in [0.05, 0.1) is 6.54 Å². The molecule has 1 aromatic carbocycles. The predicted molar refractivity (Wildman–Crippen MR) is 77.2 cm³/mol. The molecule has 2 N–H and O–H groups in total. The Balaban J connectivity index is 2.51. The number of amides is 1. The SMILES string of the molecule is CCC(CC)NCC(=O)Nc1cc(Cl)ccc1C. The summed E-state index contributed by atoms with van der Waals surface area (Å²) in [5.41, 5.74) is 1.79. The maximum absolute atomic E-state index is 11.8. The van der Waals surface area contributed by atoms with Crippen molar-refractivity contribution in [3.63, 3.8) is 0 Å². The number of hydrogen-bond donors (Lipinski definition) is 2. The molecule has 0 saturated carbocycles. The van der Waals surface area contributed by atoms with E-state index < -0.39 is 0 Å². The van der Waals surface area contributed by atoms with Gasteiger partial charge in [0.1, 0.15) is 0 Å². The van der Waals surface area contributed by atoms with Crippen LogP contribution in [0.2, 0.25) is 5.02 Å². The maximum atomic E-state index is 11.8. The number of carbonyl (C=O) groups excluding carboxylic acids is 1. The third-order valence-electron chi connectivity index (χ3n) is 3.01. The molecule has 18 heavy (non-hydrogen) atoms. The Kier molecular flexibility index (Phi) is 6.16. The van der Waals surface area contributed by atoms with Crippen LogP contribution in [-0.2, 0) is 4.79 Å². The van der Waals surface area contributed by atoms with Crippen molar-refractivity contribution in [1.29, 1.82) is 0 Å². The van der Waals surface area contributed by atoms with Crippen LogP contribution in [0, 0.1) is 6.92 Å². The lowest BCUT2D eigenvalue weighted by atomic mass is 10.2. The number of aryl methyl sites for hydroxylation is 1. The molecule has 0 aliphatic heterocycles. The van der Waals surface area contributed by atoms with Crippen LogP contribution in [0.15, 0.2) is 18.2 Å². The molecule has 0 aromatic heterocycles. The fourth-order valence-electron chi connectivity index (χ4n) is 1.74. The third-order valence-corrected chi connectivity index (χ3v) is 3.25. The second kappa shape index (κ2) is 7.39. The van der Waals surface area contributed by atoms with Gasteiger partial charge in [0.15, 0.2) is 0 Å². The largest absolute Gasteiger partial charge is 0.325 e. The number of carbonyl (C=O) groups is 1. The van der Waals surface area contributed by atoms with E-state index in [-0.39, 0.29) is 5.91 Å². The number of rotatable bonds is 6. The Hall–Kier alpha value is -1.06. The summed E-state index contributed by atoms with van der Waals surface area (Å²) in [6, 6.07) is 5.88. The van der Waals surface area contributed by atoms with E-state index in [0.717, 1.165) is 24.1 Å². The van der Waals surface area contributed by atoms with Crippen LogP contribution >= 0.6 is 11.6 Å². The Morgan fingerprint density at radius 3 is 2.61 bits per heavy atom. The van der Waals surface area contributed by atoms with E-state index in [1.54, 1.807) is 6.07 Å². The molecule has 0 saturated heterocycles. The average molecular weight is 269 g/mol. The summed E-state index contributed by atoms with van der Waals surface area (Å²) < 4.78 is 0. The highest BCUT2D eigenvalue weighted by Crippen LogP contribution is 2.19. The van der Waals surface area contributed by atoms with Gasteiger partial charge in [0, 0.05) is 16.8 Å². The summed E-state index contributed by atoms with van der Waals surface area (Å²) in [5.74, 6) is -0.0349. The fraction of sp³-hybridized carbons (Fsp3) is 0.500. The molecule has 1 aromatic rings. The van der Waals surface area contributed by atoms with Crippen molar-refractivity contribution in [3.8, 4) is 0 Å². The van der Waals surface area contributed by atoms with Crippen molar-refractivity contribution in [2.45, 2.75) is 39.7 Å². The second-order valence-electron chi connectivity index (χ2n) is 4.40. The first-order valence-electron chi connectivity index (χ1n) is 6.36. The average Bonchev–Trinajstić information content (AvgIpc) is 2.35. The number of halogens is 1. The molecule has 1 rings (SSSR count). The molecule has 1 amide bonds. The Labute approximate surface area is 114 Å². The van der Waals surface area contributed by atoms with Crippen molar-refractivity contribution in [2.24, 2.45) is 0 Å². The number of hydrogen-bond acceptors (Lipinski definition) is 2. The minimum absolute atomic E-state index is 0.0349. The number of benzene rings is 1. The molecule has 0 radical (unpaired) electrons. The Morgan fingerprint density at radius 1 is 1.33 bits per heavy atom. The highest BCUT2D eigenvalue weighted by molar-refractivity contribution is 6.31. The fourth-order valence-corrected chi connectivity index (χ4v) is 1.91. The van der Waals surface area contributed by atoms with E-state index >= 15 is 0 Å². The molecule has 0 aliphatic carbocycles. The first-order valence-corrected chi connectivity index (χ1v) is 6.74. The molecule has 0 bridgehead atoms. The summed E-state index contributed by atoms with van der Waals surface area (Å²) in [5, 5.41) is 6.73. The summed E-state index contributed by atoms with van der Waals surface area (Å²) in [6.45, 7) is 6.50. The number of anilines is 1. The van der Waals surface area contributed by atoms with Crippen molar-refractivity contribution in [1.82, 2.24) is 5.32 Å². The molecule has 4 heteroatoms. The summed E-state index contributed by atoms with van der Waals surface area (Å²) in [7, 11) is 0. The smallest absolute Gasteiger partial charge is 0.238 e. The molecule has 0 fully saturated rings. The van der Waals surface area contributed by atoms with Crippen LogP contribution in [-0.4, -0.2) is 18.5 Å². The van der Waals surface area contributed by atoms with Gasteiger partial charge >= 0.3 is 0 Å². The molecule has 0 aliphatic rings. The topological polar surface area (TPSA) is 41.1 Å². The summed E-state index contributed by atoms with van der Waals surface area (Å²) in [4.78, 5) is 11.8. The zero-order chi connectivity index (χ0) is 13.5. The van der Waals surface area contributed by atoms with Gasteiger partial charge in [0.2, 0.25) is 5.91 Å². The van der Waals surface area contributed by atoms with Gasteiger partial charge < -0.3 is 10.6 Å². The zero-order valence-corrected chi connectivity index (χ0v) is 12.0. The molecule has 0 heterocycles. The molecular formula is C14H21ClN2O. The lowest BCUT2D eigenvalue weighted by molar-refractivity contribution is -0.115. The molecular weight excluding hydrogens is 248 g/mol. The minimum Gasteiger partial charge on any atom is -0.325 e. The van der Waals surface area contributed by atoms with Crippen molar-refractivity contribution in [3.05, 3.63) is 28.8 Å². The Bertz CT molecular complexity index is 403. The standard InChI is InChI=1S/C14H21ClN2O/c1-4-12(5-2)16-9-14(18)17-13-8-11(15)7-6-10(13)3/h6-8,12,16H,4-5,9H2,1-3H3,(H,17,18). The van der Waals surface area contributed by atoms with Gasteiger partial charge in [-0.25, -0.2) is 0 Å². The predicted octanol–water partition coefficient (Wildman–Crippen LogP) is 3.37. The van der Waals surface area contributed by atoms with Crippen LogP contribution in [0.1, 0.15) is 32.3 Å². The van der Waals surface area contributed by atoms with Crippen LogP contribution < -0.4 is 10.6 Å². The quantitative estimate of drug-likeness (QED) is 0.831. The van der Waals surface area contributed by atoms with E-state index in [4.69, 9.17) is 11.6 Å². The van der Waals surface area contributed by atoms with E-state index in [2.05, 4.69) is 24.5 Å². The third kappa shape index (κ3) is 4.67. The maximum Gasteiger partial charge on any atom is 0.238 e. The van der Waals surface area contributed by atoms with Gasteiger partial charge in [-0.05, 0) is 37.5 Å². The highest BCUT2D eigenvalue weighted by atomic mass is 35.5. The molecule has 0 spiro atoms.